The van der Waals surface area contributed by atoms with Crippen molar-refractivity contribution in [1.29, 1.82) is 0 Å². The van der Waals surface area contributed by atoms with Crippen molar-refractivity contribution in [2.45, 2.75) is 19.9 Å². The van der Waals surface area contributed by atoms with Crippen molar-refractivity contribution >= 4 is 23.2 Å². The van der Waals surface area contributed by atoms with Gasteiger partial charge in [-0.1, -0.05) is 11.6 Å². The molecule has 0 aliphatic rings. The van der Waals surface area contributed by atoms with E-state index >= 15 is 0 Å². The normalized spacial score (nSPS) is 12.5. The fourth-order valence-corrected chi connectivity index (χ4v) is 2.24. The van der Waals surface area contributed by atoms with Crippen LogP contribution in [-0.4, -0.2) is 48.9 Å². The number of nitrogens with two attached hydrogens (primary N) is 1. The fourth-order valence-electron chi connectivity index (χ4n) is 2.13. The standard InChI is InChI=1S/C14H22ClN3O/c1-5-18(10(2)9-17(3)4)14(19)11-6-7-12(15)13(16)8-11/h6-8,10H,5,9,16H2,1-4H3. The van der Waals surface area contributed by atoms with Gasteiger partial charge in [-0.05, 0) is 46.1 Å². The predicted molar refractivity (Wildman–Crippen MR) is 80.6 cm³/mol. The lowest BCUT2D eigenvalue weighted by molar-refractivity contribution is 0.0679. The van der Waals surface area contributed by atoms with E-state index in [9.17, 15) is 4.79 Å². The molecule has 1 aromatic carbocycles. The van der Waals surface area contributed by atoms with E-state index in [1.807, 2.05) is 32.8 Å². The van der Waals surface area contributed by atoms with Crippen LogP contribution >= 0.6 is 11.6 Å². The molecule has 0 aliphatic heterocycles. The van der Waals surface area contributed by atoms with Gasteiger partial charge < -0.3 is 15.5 Å². The SMILES string of the molecule is CCN(C(=O)c1ccc(Cl)c(N)c1)C(C)CN(C)C. The van der Waals surface area contributed by atoms with Crippen LogP contribution < -0.4 is 5.73 Å². The Balaban J connectivity index is 2.91. The summed E-state index contributed by atoms with van der Waals surface area (Å²) in [7, 11) is 3.99. The molecule has 19 heavy (non-hydrogen) atoms. The zero-order valence-corrected chi connectivity index (χ0v) is 12.7. The van der Waals surface area contributed by atoms with E-state index < -0.39 is 0 Å². The van der Waals surface area contributed by atoms with Crippen molar-refractivity contribution in [2.24, 2.45) is 0 Å². The number of benzene rings is 1. The van der Waals surface area contributed by atoms with Crippen LogP contribution in [0.25, 0.3) is 0 Å². The first kappa shape index (κ1) is 15.8. The highest BCUT2D eigenvalue weighted by Gasteiger charge is 2.20. The number of carbonyl (C=O) groups is 1. The van der Waals surface area contributed by atoms with Crippen molar-refractivity contribution in [3.63, 3.8) is 0 Å². The summed E-state index contributed by atoms with van der Waals surface area (Å²) in [5.74, 6) is -0.0137. The van der Waals surface area contributed by atoms with Crippen LogP contribution in [0.1, 0.15) is 24.2 Å². The van der Waals surface area contributed by atoms with Gasteiger partial charge in [-0.3, -0.25) is 4.79 Å². The van der Waals surface area contributed by atoms with Gasteiger partial charge in [0.1, 0.15) is 0 Å². The topological polar surface area (TPSA) is 49.6 Å². The van der Waals surface area contributed by atoms with Crippen molar-refractivity contribution in [3.8, 4) is 0 Å². The van der Waals surface area contributed by atoms with E-state index in [1.54, 1.807) is 18.2 Å². The van der Waals surface area contributed by atoms with Gasteiger partial charge in [0.25, 0.3) is 5.91 Å². The number of rotatable bonds is 5. The highest BCUT2D eigenvalue weighted by Crippen LogP contribution is 2.21. The van der Waals surface area contributed by atoms with Crippen molar-refractivity contribution < 1.29 is 4.79 Å². The van der Waals surface area contributed by atoms with Gasteiger partial charge in [0, 0.05) is 24.7 Å². The molecule has 0 radical (unpaired) electrons. The van der Waals surface area contributed by atoms with Crippen molar-refractivity contribution in [1.82, 2.24) is 9.80 Å². The number of halogens is 1. The molecule has 0 heterocycles. The summed E-state index contributed by atoms with van der Waals surface area (Å²) in [4.78, 5) is 16.4. The van der Waals surface area contributed by atoms with Crippen LogP contribution in [0.4, 0.5) is 5.69 Å². The Morgan fingerprint density at radius 1 is 1.42 bits per heavy atom. The molecule has 4 nitrogen and oxygen atoms in total. The molecular formula is C14H22ClN3O. The molecule has 0 aromatic heterocycles. The highest BCUT2D eigenvalue weighted by atomic mass is 35.5. The van der Waals surface area contributed by atoms with Gasteiger partial charge >= 0.3 is 0 Å². The molecule has 0 saturated heterocycles. The minimum Gasteiger partial charge on any atom is -0.398 e. The second-order valence-corrected chi connectivity index (χ2v) is 5.35. The van der Waals surface area contributed by atoms with E-state index in [4.69, 9.17) is 17.3 Å². The van der Waals surface area contributed by atoms with Gasteiger partial charge in [0.05, 0.1) is 10.7 Å². The number of hydrogen-bond acceptors (Lipinski definition) is 3. The maximum absolute atomic E-state index is 12.5. The average Bonchev–Trinajstić information content (AvgIpc) is 2.32. The van der Waals surface area contributed by atoms with Gasteiger partial charge in [-0.15, -0.1) is 0 Å². The highest BCUT2D eigenvalue weighted by molar-refractivity contribution is 6.33. The molecule has 1 atom stereocenters. The second kappa shape index (κ2) is 6.78. The minimum absolute atomic E-state index is 0.0137. The van der Waals surface area contributed by atoms with E-state index in [0.29, 0.717) is 22.8 Å². The fraction of sp³-hybridized carbons (Fsp3) is 0.500. The minimum atomic E-state index is -0.0137. The van der Waals surface area contributed by atoms with E-state index in [0.717, 1.165) is 6.54 Å². The molecule has 0 aliphatic carbocycles. The monoisotopic (exact) mass is 283 g/mol. The third-order valence-corrected chi connectivity index (χ3v) is 3.35. The Labute approximate surface area is 120 Å². The number of hydrogen-bond donors (Lipinski definition) is 1. The number of carbonyl (C=O) groups excluding carboxylic acids is 1. The smallest absolute Gasteiger partial charge is 0.254 e. The van der Waals surface area contributed by atoms with Gasteiger partial charge in [0.2, 0.25) is 0 Å². The molecule has 1 aromatic rings. The molecule has 2 N–H and O–H groups in total. The number of nitrogen functional groups attached to an aromatic ring is 1. The van der Waals surface area contributed by atoms with Gasteiger partial charge in [-0.25, -0.2) is 0 Å². The number of anilines is 1. The summed E-state index contributed by atoms with van der Waals surface area (Å²) in [6.45, 7) is 5.50. The molecule has 1 unspecified atom stereocenters. The lowest BCUT2D eigenvalue weighted by atomic mass is 10.1. The second-order valence-electron chi connectivity index (χ2n) is 4.94. The van der Waals surface area contributed by atoms with Crippen molar-refractivity contribution in [3.05, 3.63) is 28.8 Å². The lowest BCUT2D eigenvalue weighted by Gasteiger charge is -2.30. The average molecular weight is 284 g/mol. The third kappa shape index (κ3) is 4.11. The summed E-state index contributed by atoms with van der Waals surface area (Å²) in [6.07, 6.45) is 0. The maximum atomic E-state index is 12.5. The molecule has 106 valence electrons. The summed E-state index contributed by atoms with van der Waals surface area (Å²) >= 11 is 5.87. The zero-order chi connectivity index (χ0) is 14.6. The van der Waals surface area contributed by atoms with Gasteiger partial charge in [-0.2, -0.15) is 0 Å². The molecule has 1 amide bonds. The van der Waals surface area contributed by atoms with E-state index in [-0.39, 0.29) is 11.9 Å². The molecular weight excluding hydrogens is 262 g/mol. The maximum Gasteiger partial charge on any atom is 0.254 e. The summed E-state index contributed by atoms with van der Waals surface area (Å²) in [6, 6.07) is 5.15. The molecule has 1 rings (SSSR count). The first-order valence-electron chi connectivity index (χ1n) is 6.37. The number of nitrogens with zero attached hydrogens (tertiary/aromatic N) is 2. The first-order chi connectivity index (χ1) is 8.86. The Bertz CT molecular complexity index is 448. The predicted octanol–water partition coefficient (Wildman–Crippen LogP) is 2.33. The van der Waals surface area contributed by atoms with Crippen LogP contribution in [0.15, 0.2) is 18.2 Å². The van der Waals surface area contributed by atoms with Crippen molar-refractivity contribution in [2.75, 3.05) is 32.9 Å². The number of amides is 1. The van der Waals surface area contributed by atoms with Crippen LogP contribution in [0.2, 0.25) is 5.02 Å². The third-order valence-electron chi connectivity index (χ3n) is 3.01. The quantitative estimate of drug-likeness (QED) is 0.844. The Morgan fingerprint density at radius 3 is 2.53 bits per heavy atom. The van der Waals surface area contributed by atoms with Crippen LogP contribution in [0, 0.1) is 0 Å². The first-order valence-corrected chi connectivity index (χ1v) is 6.75. The summed E-state index contributed by atoms with van der Waals surface area (Å²) in [5, 5.41) is 0.473. The van der Waals surface area contributed by atoms with Crippen LogP contribution in [0.5, 0.6) is 0 Å². The van der Waals surface area contributed by atoms with Crippen LogP contribution in [0.3, 0.4) is 0 Å². The molecule has 0 fully saturated rings. The Morgan fingerprint density at radius 2 is 2.05 bits per heavy atom. The summed E-state index contributed by atoms with van der Waals surface area (Å²) < 4.78 is 0. The van der Waals surface area contributed by atoms with E-state index in [1.165, 1.54) is 0 Å². The van der Waals surface area contributed by atoms with Gasteiger partial charge in [0.15, 0.2) is 0 Å². The largest absolute Gasteiger partial charge is 0.398 e. The van der Waals surface area contributed by atoms with E-state index in [2.05, 4.69) is 4.90 Å². The van der Waals surface area contributed by atoms with Crippen LogP contribution in [-0.2, 0) is 0 Å². The molecule has 5 heteroatoms. The molecule has 0 spiro atoms. The Kier molecular flexibility index (Phi) is 5.63. The molecule has 0 saturated carbocycles. The summed E-state index contributed by atoms with van der Waals surface area (Å²) in [5.41, 5.74) is 6.76. The zero-order valence-electron chi connectivity index (χ0n) is 12.0. The Hall–Kier alpha value is -1.26. The number of likely N-dealkylation sites (N-methyl/N-ethyl adjacent to an activating group) is 2. The molecule has 0 bridgehead atoms. The lowest BCUT2D eigenvalue weighted by Crippen LogP contribution is -2.43.